The number of carbonyl (C=O) groups is 1. The van der Waals surface area contributed by atoms with E-state index in [9.17, 15) is 4.79 Å². The van der Waals surface area contributed by atoms with Crippen molar-refractivity contribution < 1.29 is 19.0 Å². The second-order valence-corrected chi connectivity index (χ2v) is 3.39. The van der Waals surface area contributed by atoms with Gasteiger partial charge in [-0.15, -0.1) is 0 Å². The van der Waals surface area contributed by atoms with Crippen LogP contribution in [0, 0.1) is 0 Å². The van der Waals surface area contributed by atoms with Crippen LogP contribution in [0.2, 0.25) is 0 Å². The first-order valence-electron chi connectivity index (χ1n) is 5.52. The minimum atomic E-state index is -0.139. The van der Waals surface area contributed by atoms with Gasteiger partial charge in [-0.25, -0.2) is 5.43 Å². The van der Waals surface area contributed by atoms with Crippen LogP contribution >= 0.6 is 0 Å². The Morgan fingerprint density at radius 1 is 1.22 bits per heavy atom. The molecule has 2 N–H and O–H groups in total. The summed E-state index contributed by atoms with van der Waals surface area (Å²) in [6.45, 7) is 0.261. The second-order valence-electron chi connectivity index (χ2n) is 3.39. The number of hydrazine groups is 1. The zero-order valence-corrected chi connectivity index (χ0v) is 10.8. The molecule has 0 spiro atoms. The average Bonchev–Trinajstić information content (AvgIpc) is 2.38. The summed E-state index contributed by atoms with van der Waals surface area (Å²) in [5.41, 5.74) is 5.02. The largest absolute Gasteiger partial charge is 0.493 e. The first kappa shape index (κ1) is 14.1. The molecule has 6 nitrogen and oxygen atoms in total. The molecular weight excluding hydrogens is 236 g/mol. The summed E-state index contributed by atoms with van der Waals surface area (Å²) in [5, 5.41) is 0. The summed E-state index contributed by atoms with van der Waals surface area (Å²) < 4.78 is 15.9. The summed E-state index contributed by atoms with van der Waals surface area (Å²) in [6, 6.07) is 5.33. The lowest BCUT2D eigenvalue weighted by Gasteiger charge is -2.13. The Balaban J connectivity index is 2.59. The van der Waals surface area contributed by atoms with E-state index >= 15 is 0 Å². The number of rotatable bonds is 7. The van der Waals surface area contributed by atoms with Crippen LogP contribution in [0.4, 0.5) is 0 Å². The molecule has 0 aliphatic carbocycles. The zero-order chi connectivity index (χ0) is 13.4. The lowest BCUT2D eigenvalue weighted by atomic mass is 10.3. The maximum absolute atomic E-state index is 11.2. The summed E-state index contributed by atoms with van der Waals surface area (Å²) in [5.74, 6) is 1.53. The van der Waals surface area contributed by atoms with E-state index in [0.29, 0.717) is 17.2 Å². The number of amides is 1. The first-order valence-corrected chi connectivity index (χ1v) is 5.52. The molecule has 100 valence electrons. The molecule has 0 aliphatic heterocycles. The van der Waals surface area contributed by atoms with Crippen molar-refractivity contribution in [1.82, 2.24) is 10.9 Å². The van der Waals surface area contributed by atoms with Crippen LogP contribution < -0.4 is 25.1 Å². The Labute approximate surface area is 106 Å². The average molecular weight is 254 g/mol. The molecule has 1 amide bonds. The number of benzene rings is 1. The highest BCUT2D eigenvalue weighted by Crippen LogP contribution is 2.36. The molecule has 1 aromatic rings. The molecule has 18 heavy (non-hydrogen) atoms. The third-order valence-corrected chi connectivity index (χ3v) is 2.22. The van der Waals surface area contributed by atoms with Crippen LogP contribution in [-0.4, -0.2) is 33.8 Å². The summed E-state index contributed by atoms with van der Waals surface area (Å²) in [6.07, 6.45) is 0.251. The van der Waals surface area contributed by atoms with Crippen molar-refractivity contribution in [2.75, 3.05) is 27.9 Å². The van der Waals surface area contributed by atoms with E-state index in [1.165, 1.54) is 0 Å². The molecule has 0 aliphatic rings. The van der Waals surface area contributed by atoms with Gasteiger partial charge in [0.1, 0.15) is 0 Å². The van der Waals surface area contributed by atoms with Gasteiger partial charge in [-0.1, -0.05) is 6.07 Å². The van der Waals surface area contributed by atoms with E-state index in [1.54, 1.807) is 39.5 Å². The van der Waals surface area contributed by atoms with Crippen molar-refractivity contribution in [3.05, 3.63) is 18.2 Å². The Morgan fingerprint density at radius 2 is 1.94 bits per heavy atom. The number of nitrogens with one attached hydrogen (secondary N) is 2. The van der Waals surface area contributed by atoms with Crippen LogP contribution in [-0.2, 0) is 4.79 Å². The van der Waals surface area contributed by atoms with Crippen LogP contribution in [0.5, 0.6) is 17.2 Å². The predicted octanol–water partition coefficient (Wildman–Crippen LogP) is 0.723. The SMILES string of the molecule is CNNC(=O)CCOc1cccc(OC)c1OC. The van der Waals surface area contributed by atoms with Gasteiger partial charge in [-0.05, 0) is 12.1 Å². The number of para-hydroxylation sites is 1. The number of methoxy groups -OCH3 is 2. The first-order chi connectivity index (χ1) is 8.72. The maximum atomic E-state index is 11.2. The second kappa shape index (κ2) is 7.39. The molecule has 1 rings (SSSR count). The van der Waals surface area contributed by atoms with Crippen molar-refractivity contribution in [1.29, 1.82) is 0 Å². The van der Waals surface area contributed by atoms with Crippen molar-refractivity contribution in [3.8, 4) is 17.2 Å². The fraction of sp³-hybridized carbons (Fsp3) is 0.417. The standard InChI is InChI=1S/C12H18N2O4/c1-13-14-11(15)7-8-18-10-6-4-5-9(16-2)12(10)17-3/h4-6,13H,7-8H2,1-3H3,(H,14,15). The van der Waals surface area contributed by atoms with E-state index < -0.39 is 0 Å². The molecule has 0 bridgehead atoms. The van der Waals surface area contributed by atoms with Gasteiger partial charge >= 0.3 is 0 Å². The quantitative estimate of drug-likeness (QED) is 0.702. The topological polar surface area (TPSA) is 68.8 Å². The van der Waals surface area contributed by atoms with Crippen molar-refractivity contribution in [2.45, 2.75) is 6.42 Å². The summed E-state index contributed by atoms with van der Waals surface area (Å²) in [4.78, 5) is 11.2. The maximum Gasteiger partial charge on any atom is 0.237 e. The predicted molar refractivity (Wildman–Crippen MR) is 66.9 cm³/mol. The molecule has 0 atom stereocenters. The molecule has 0 heterocycles. The third kappa shape index (κ3) is 3.81. The lowest BCUT2D eigenvalue weighted by Crippen LogP contribution is -2.34. The Morgan fingerprint density at radius 3 is 2.56 bits per heavy atom. The minimum absolute atomic E-state index is 0.139. The van der Waals surface area contributed by atoms with Gasteiger partial charge in [0.25, 0.3) is 0 Å². The van der Waals surface area contributed by atoms with Crippen molar-refractivity contribution in [3.63, 3.8) is 0 Å². The fourth-order valence-corrected chi connectivity index (χ4v) is 1.43. The van der Waals surface area contributed by atoms with Crippen LogP contribution in [0.1, 0.15) is 6.42 Å². The lowest BCUT2D eigenvalue weighted by molar-refractivity contribution is -0.122. The van der Waals surface area contributed by atoms with Crippen LogP contribution in [0.3, 0.4) is 0 Å². The van der Waals surface area contributed by atoms with Crippen molar-refractivity contribution in [2.24, 2.45) is 0 Å². The number of carbonyl (C=O) groups excluding carboxylic acids is 1. The van der Waals surface area contributed by atoms with Crippen LogP contribution in [0.15, 0.2) is 18.2 Å². The van der Waals surface area contributed by atoms with E-state index in [1.807, 2.05) is 0 Å². The minimum Gasteiger partial charge on any atom is -0.493 e. The van der Waals surface area contributed by atoms with Gasteiger partial charge in [0.05, 0.1) is 27.2 Å². The number of hydrogen-bond acceptors (Lipinski definition) is 5. The smallest absolute Gasteiger partial charge is 0.237 e. The molecule has 0 radical (unpaired) electrons. The molecule has 0 saturated heterocycles. The molecule has 6 heteroatoms. The Hall–Kier alpha value is -1.95. The molecule has 0 unspecified atom stereocenters. The zero-order valence-electron chi connectivity index (χ0n) is 10.8. The number of ether oxygens (including phenoxy) is 3. The molecule has 0 aromatic heterocycles. The molecule has 1 aromatic carbocycles. The highest BCUT2D eigenvalue weighted by molar-refractivity contribution is 5.75. The van der Waals surface area contributed by atoms with Crippen molar-refractivity contribution >= 4 is 5.91 Å². The summed E-state index contributed by atoms with van der Waals surface area (Å²) >= 11 is 0. The highest BCUT2D eigenvalue weighted by atomic mass is 16.5. The van der Waals surface area contributed by atoms with E-state index in [0.717, 1.165) is 0 Å². The third-order valence-electron chi connectivity index (χ3n) is 2.22. The van der Waals surface area contributed by atoms with Gasteiger partial charge in [0.15, 0.2) is 11.5 Å². The Kier molecular flexibility index (Phi) is 5.79. The molecule has 0 saturated carbocycles. The van der Waals surface area contributed by atoms with Gasteiger partial charge in [-0.3, -0.25) is 10.2 Å². The fourth-order valence-electron chi connectivity index (χ4n) is 1.43. The van der Waals surface area contributed by atoms with Gasteiger partial charge in [0, 0.05) is 7.05 Å². The molecule has 0 fully saturated rings. The Bertz CT molecular complexity index is 396. The van der Waals surface area contributed by atoms with E-state index in [2.05, 4.69) is 10.9 Å². The van der Waals surface area contributed by atoms with Gasteiger partial charge in [-0.2, -0.15) is 0 Å². The summed E-state index contributed by atoms with van der Waals surface area (Å²) in [7, 11) is 4.73. The van der Waals surface area contributed by atoms with Gasteiger partial charge < -0.3 is 14.2 Å². The van der Waals surface area contributed by atoms with E-state index in [-0.39, 0.29) is 18.9 Å². The number of hydrogen-bond donors (Lipinski definition) is 2. The highest BCUT2D eigenvalue weighted by Gasteiger charge is 2.10. The molecular formula is C12H18N2O4. The normalized spacial score (nSPS) is 9.72. The van der Waals surface area contributed by atoms with E-state index in [4.69, 9.17) is 14.2 Å². The monoisotopic (exact) mass is 254 g/mol. The van der Waals surface area contributed by atoms with Crippen LogP contribution in [0.25, 0.3) is 0 Å². The van der Waals surface area contributed by atoms with Gasteiger partial charge in [0.2, 0.25) is 11.7 Å².